The van der Waals surface area contributed by atoms with Crippen LogP contribution in [0.3, 0.4) is 0 Å². The number of para-hydroxylation sites is 1. The van der Waals surface area contributed by atoms with E-state index in [-0.39, 0.29) is 37.2 Å². The minimum atomic E-state index is -2.63. The van der Waals surface area contributed by atoms with E-state index in [1.54, 1.807) is 46.2 Å². The van der Waals surface area contributed by atoms with Crippen molar-refractivity contribution in [1.29, 1.82) is 0 Å². The number of pyridine rings is 1. The van der Waals surface area contributed by atoms with Gasteiger partial charge in [0.05, 0.1) is 36.4 Å². The second-order valence-electron chi connectivity index (χ2n) is 8.00. The molecule has 1 aliphatic rings. The second-order valence-corrected chi connectivity index (χ2v) is 10.4. The van der Waals surface area contributed by atoms with Crippen LogP contribution >= 0.6 is 10.6 Å². The summed E-state index contributed by atoms with van der Waals surface area (Å²) >= 11 is 0. The van der Waals surface area contributed by atoms with E-state index in [0.717, 1.165) is 0 Å². The molecule has 1 fully saturated rings. The SMILES string of the molecule is COC(=O)c1ccc(CN(C(=O)N2CCS(O)(O)CC2)c2ccc(Oc3ccccc3)cc2)nc1. The predicted octanol–water partition coefficient (Wildman–Crippen LogP) is 4.85. The quantitative estimate of drug-likeness (QED) is 0.468. The molecule has 9 nitrogen and oxygen atoms in total. The molecule has 1 aromatic heterocycles. The van der Waals surface area contributed by atoms with Crippen molar-refractivity contribution in [3.63, 3.8) is 0 Å². The molecular formula is C25H27N3O6S. The van der Waals surface area contributed by atoms with Crippen LogP contribution in [-0.4, -0.2) is 62.7 Å². The number of anilines is 1. The van der Waals surface area contributed by atoms with Crippen molar-refractivity contribution in [2.45, 2.75) is 6.54 Å². The molecular weight excluding hydrogens is 470 g/mol. The largest absolute Gasteiger partial charge is 0.465 e. The average molecular weight is 498 g/mol. The Morgan fingerprint density at radius 3 is 2.23 bits per heavy atom. The molecule has 0 aliphatic carbocycles. The summed E-state index contributed by atoms with van der Waals surface area (Å²) in [7, 11) is -1.33. The fourth-order valence-corrected chi connectivity index (χ4v) is 4.83. The van der Waals surface area contributed by atoms with Crippen molar-refractivity contribution in [3.8, 4) is 11.5 Å². The number of amides is 2. The zero-order valence-electron chi connectivity index (χ0n) is 19.2. The number of rotatable bonds is 6. The van der Waals surface area contributed by atoms with E-state index < -0.39 is 16.6 Å². The molecule has 0 saturated carbocycles. The average Bonchev–Trinajstić information content (AvgIpc) is 2.88. The van der Waals surface area contributed by atoms with E-state index in [0.29, 0.717) is 28.4 Å². The van der Waals surface area contributed by atoms with E-state index in [2.05, 4.69) is 4.98 Å². The number of nitrogens with zero attached hydrogens (tertiary/aromatic N) is 3. The van der Waals surface area contributed by atoms with Gasteiger partial charge in [0.15, 0.2) is 0 Å². The number of urea groups is 1. The first-order valence-electron chi connectivity index (χ1n) is 11.0. The van der Waals surface area contributed by atoms with Crippen LogP contribution in [0.15, 0.2) is 72.9 Å². The molecule has 2 heterocycles. The van der Waals surface area contributed by atoms with Gasteiger partial charge in [0.25, 0.3) is 0 Å². The van der Waals surface area contributed by atoms with Crippen LogP contribution in [0.25, 0.3) is 0 Å². The molecule has 4 rings (SSSR count). The maximum absolute atomic E-state index is 13.5. The lowest BCUT2D eigenvalue weighted by atomic mass is 10.2. The van der Waals surface area contributed by atoms with Crippen LogP contribution in [0, 0.1) is 0 Å². The number of methoxy groups -OCH3 is 1. The number of carbonyl (C=O) groups is 2. The number of ether oxygens (including phenoxy) is 2. The number of hydrogen-bond acceptors (Lipinski definition) is 7. The summed E-state index contributed by atoms with van der Waals surface area (Å²) < 4.78 is 30.4. The summed E-state index contributed by atoms with van der Waals surface area (Å²) in [6.07, 6.45) is 1.41. The van der Waals surface area contributed by atoms with Gasteiger partial charge < -0.3 is 14.4 Å². The maximum atomic E-state index is 13.5. The Balaban J connectivity index is 1.56. The third kappa shape index (κ3) is 6.30. The Bertz CT molecular complexity index is 1150. The fourth-order valence-electron chi connectivity index (χ4n) is 3.60. The van der Waals surface area contributed by atoms with Crippen molar-refractivity contribution in [2.24, 2.45) is 0 Å². The number of aromatic nitrogens is 1. The normalized spacial score (nSPS) is 15.7. The molecule has 0 atom stereocenters. The highest BCUT2D eigenvalue weighted by Crippen LogP contribution is 2.40. The topological polar surface area (TPSA) is 112 Å². The summed E-state index contributed by atoms with van der Waals surface area (Å²) in [5.74, 6) is 1.15. The lowest BCUT2D eigenvalue weighted by Crippen LogP contribution is -2.48. The Labute approximate surface area is 205 Å². The van der Waals surface area contributed by atoms with Crippen molar-refractivity contribution >= 4 is 28.3 Å². The molecule has 184 valence electrons. The van der Waals surface area contributed by atoms with Gasteiger partial charge in [-0.15, -0.1) is 0 Å². The van der Waals surface area contributed by atoms with Crippen molar-refractivity contribution in [1.82, 2.24) is 9.88 Å². The van der Waals surface area contributed by atoms with Gasteiger partial charge in [0.1, 0.15) is 11.5 Å². The summed E-state index contributed by atoms with van der Waals surface area (Å²) in [6.45, 7) is 0.662. The summed E-state index contributed by atoms with van der Waals surface area (Å²) in [6, 6.07) is 19.5. The minimum Gasteiger partial charge on any atom is -0.465 e. The zero-order chi connectivity index (χ0) is 24.8. The summed E-state index contributed by atoms with van der Waals surface area (Å²) in [4.78, 5) is 32.7. The molecule has 1 saturated heterocycles. The standard InChI is InChI=1S/C25H27N3O6S/c1-33-24(29)19-7-8-20(26-17-19)18-28(25(30)27-13-15-35(31,32)16-14-27)21-9-11-23(12-10-21)34-22-5-3-2-4-6-22/h2-12,17,31-32H,13-16,18H2,1H3. The highest BCUT2D eigenvalue weighted by Gasteiger charge is 2.29. The third-order valence-corrected chi connectivity index (χ3v) is 7.24. The van der Waals surface area contributed by atoms with Gasteiger partial charge in [-0.3, -0.25) is 19.0 Å². The van der Waals surface area contributed by atoms with Crippen LogP contribution in [-0.2, 0) is 11.3 Å². The lowest BCUT2D eigenvalue weighted by Gasteiger charge is -2.42. The molecule has 0 bridgehead atoms. The number of benzene rings is 2. The zero-order valence-corrected chi connectivity index (χ0v) is 20.1. The van der Waals surface area contributed by atoms with Gasteiger partial charge >= 0.3 is 12.0 Å². The van der Waals surface area contributed by atoms with Gasteiger partial charge in [0.2, 0.25) is 0 Å². The van der Waals surface area contributed by atoms with Crippen LogP contribution in [0.4, 0.5) is 10.5 Å². The van der Waals surface area contributed by atoms with E-state index in [9.17, 15) is 18.7 Å². The highest BCUT2D eigenvalue weighted by molar-refractivity contribution is 8.24. The van der Waals surface area contributed by atoms with Crippen molar-refractivity contribution in [3.05, 3.63) is 84.2 Å². The predicted molar refractivity (Wildman–Crippen MR) is 134 cm³/mol. The van der Waals surface area contributed by atoms with Crippen LogP contribution in [0.1, 0.15) is 16.1 Å². The first-order valence-corrected chi connectivity index (χ1v) is 12.9. The molecule has 35 heavy (non-hydrogen) atoms. The Morgan fingerprint density at radius 1 is 0.971 bits per heavy atom. The fraction of sp³-hybridized carbons (Fsp3) is 0.240. The van der Waals surface area contributed by atoms with E-state index >= 15 is 0 Å². The van der Waals surface area contributed by atoms with Crippen molar-refractivity contribution < 1.29 is 28.2 Å². The van der Waals surface area contributed by atoms with E-state index in [1.807, 2.05) is 30.3 Å². The first kappa shape index (κ1) is 24.5. The Kier molecular flexibility index (Phi) is 7.54. The van der Waals surface area contributed by atoms with Crippen LogP contribution in [0.2, 0.25) is 0 Å². The van der Waals surface area contributed by atoms with Gasteiger partial charge in [-0.1, -0.05) is 18.2 Å². The molecule has 2 aromatic carbocycles. The molecule has 1 aliphatic heterocycles. The number of esters is 1. The number of carbonyl (C=O) groups excluding carboxylic acids is 2. The molecule has 10 heteroatoms. The smallest absolute Gasteiger partial charge is 0.339 e. The molecule has 2 amide bonds. The van der Waals surface area contributed by atoms with E-state index in [4.69, 9.17) is 9.47 Å². The van der Waals surface area contributed by atoms with E-state index in [1.165, 1.54) is 13.3 Å². The lowest BCUT2D eigenvalue weighted by molar-refractivity contribution is 0.0600. The Morgan fingerprint density at radius 2 is 1.63 bits per heavy atom. The number of hydrogen-bond donors (Lipinski definition) is 2. The van der Waals surface area contributed by atoms with Gasteiger partial charge in [-0.05, 0) is 48.5 Å². The molecule has 3 aromatic rings. The Hall–Kier alpha value is -3.60. The van der Waals surface area contributed by atoms with Gasteiger partial charge in [-0.25, -0.2) is 9.59 Å². The minimum absolute atomic E-state index is 0.155. The summed E-state index contributed by atoms with van der Waals surface area (Å²) in [5, 5.41) is 0. The van der Waals surface area contributed by atoms with Crippen LogP contribution < -0.4 is 9.64 Å². The molecule has 0 unspecified atom stereocenters. The third-order valence-electron chi connectivity index (χ3n) is 5.57. The van der Waals surface area contributed by atoms with Crippen LogP contribution in [0.5, 0.6) is 11.5 Å². The molecule has 0 spiro atoms. The second kappa shape index (κ2) is 10.8. The van der Waals surface area contributed by atoms with Crippen molar-refractivity contribution in [2.75, 3.05) is 36.6 Å². The molecule has 2 N–H and O–H groups in total. The molecule has 0 radical (unpaired) electrons. The first-order chi connectivity index (χ1) is 16.8. The van der Waals surface area contributed by atoms with Gasteiger partial charge in [0, 0.05) is 25.0 Å². The monoisotopic (exact) mass is 497 g/mol. The van der Waals surface area contributed by atoms with Gasteiger partial charge in [-0.2, -0.15) is 10.6 Å². The highest BCUT2D eigenvalue weighted by atomic mass is 32.3. The summed E-state index contributed by atoms with van der Waals surface area (Å²) in [5.41, 5.74) is 1.53. The maximum Gasteiger partial charge on any atom is 0.339 e.